The number of carbonyl (C=O) groups excluding carboxylic acids is 2. The van der Waals surface area contributed by atoms with Crippen molar-refractivity contribution in [1.82, 2.24) is 4.98 Å². The van der Waals surface area contributed by atoms with Crippen LogP contribution >= 0.6 is 11.3 Å². The van der Waals surface area contributed by atoms with E-state index < -0.39 is 0 Å². The summed E-state index contributed by atoms with van der Waals surface area (Å²) < 4.78 is 0.964. The Balaban J connectivity index is 1.29. The Bertz CT molecular complexity index is 884. The fourth-order valence-corrected chi connectivity index (χ4v) is 7.19. The lowest BCUT2D eigenvalue weighted by atomic mass is 9.49. The molecule has 5 nitrogen and oxygen atoms in total. The van der Waals surface area contributed by atoms with Gasteiger partial charge in [-0.2, -0.15) is 0 Å². The van der Waals surface area contributed by atoms with Crippen LogP contribution in [0.5, 0.6) is 0 Å². The Kier molecular flexibility index (Phi) is 4.00. The predicted molar refractivity (Wildman–Crippen MR) is 108 cm³/mol. The molecule has 4 bridgehead atoms. The van der Waals surface area contributed by atoms with Crippen molar-refractivity contribution in [1.29, 1.82) is 0 Å². The molecule has 6 heteroatoms. The number of aromatic nitrogens is 1. The van der Waals surface area contributed by atoms with Gasteiger partial charge in [-0.1, -0.05) is 11.3 Å². The molecule has 2 aromatic rings. The van der Waals surface area contributed by atoms with E-state index in [9.17, 15) is 9.59 Å². The molecule has 4 saturated carbocycles. The van der Waals surface area contributed by atoms with Gasteiger partial charge in [-0.15, -0.1) is 0 Å². The first-order chi connectivity index (χ1) is 13.0. The van der Waals surface area contributed by atoms with Crippen molar-refractivity contribution in [2.45, 2.75) is 51.9 Å². The quantitative estimate of drug-likeness (QED) is 0.797. The summed E-state index contributed by atoms with van der Waals surface area (Å²) in [6.45, 7) is 1.49. The molecule has 0 unspecified atom stereocenters. The van der Waals surface area contributed by atoms with Crippen LogP contribution in [0.4, 0.5) is 10.8 Å². The van der Waals surface area contributed by atoms with E-state index in [-0.39, 0.29) is 17.2 Å². The van der Waals surface area contributed by atoms with Crippen LogP contribution in [-0.4, -0.2) is 16.8 Å². The topological polar surface area (TPSA) is 71.1 Å². The smallest absolute Gasteiger partial charge is 0.226 e. The van der Waals surface area contributed by atoms with E-state index in [0.29, 0.717) is 11.6 Å². The molecule has 142 valence electrons. The van der Waals surface area contributed by atoms with Crippen molar-refractivity contribution in [2.24, 2.45) is 23.2 Å². The van der Waals surface area contributed by atoms with E-state index in [1.807, 2.05) is 18.2 Å². The van der Waals surface area contributed by atoms with Crippen LogP contribution < -0.4 is 10.6 Å². The van der Waals surface area contributed by atoms with Crippen molar-refractivity contribution in [3.8, 4) is 0 Å². The van der Waals surface area contributed by atoms with Gasteiger partial charge in [0, 0.05) is 19.0 Å². The number of anilines is 2. The monoisotopic (exact) mass is 383 g/mol. The van der Waals surface area contributed by atoms with E-state index in [1.54, 1.807) is 0 Å². The third-order valence-corrected chi connectivity index (χ3v) is 7.59. The first kappa shape index (κ1) is 17.2. The summed E-state index contributed by atoms with van der Waals surface area (Å²) in [6.07, 6.45) is 8.56. The Morgan fingerprint density at radius 1 is 1.11 bits per heavy atom. The average molecular weight is 384 g/mol. The molecule has 1 aromatic heterocycles. The maximum atomic E-state index is 12.8. The molecule has 1 heterocycles. The van der Waals surface area contributed by atoms with Gasteiger partial charge >= 0.3 is 0 Å². The zero-order chi connectivity index (χ0) is 18.6. The van der Waals surface area contributed by atoms with E-state index in [4.69, 9.17) is 0 Å². The summed E-state index contributed by atoms with van der Waals surface area (Å²) in [7, 11) is 0. The number of amides is 2. The molecule has 6 rings (SSSR count). The molecule has 0 atom stereocenters. The van der Waals surface area contributed by atoms with Crippen molar-refractivity contribution in [3.63, 3.8) is 0 Å². The zero-order valence-corrected chi connectivity index (χ0v) is 16.4. The predicted octanol–water partition coefficient (Wildman–Crippen LogP) is 4.80. The van der Waals surface area contributed by atoms with Crippen LogP contribution in [0, 0.1) is 23.2 Å². The van der Waals surface area contributed by atoms with E-state index in [0.717, 1.165) is 33.7 Å². The highest BCUT2D eigenvalue weighted by atomic mass is 32.1. The first-order valence-electron chi connectivity index (χ1n) is 9.94. The molecular weight excluding hydrogens is 358 g/mol. The first-order valence-corrected chi connectivity index (χ1v) is 10.8. The van der Waals surface area contributed by atoms with Gasteiger partial charge in [-0.25, -0.2) is 4.98 Å². The number of hydrogen-bond donors (Lipinski definition) is 2. The van der Waals surface area contributed by atoms with Gasteiger partial charge in [-0.05, 0) is 79.9 Å². The second-order valence-corrected chi connectivity index (χ2v) is 10.1. The number of nitrogens with zero attached hydrogens (tertiary/aromatic N) is 1. The summed E-state index contributed by atoms with van der Waals surface area (Å²) in [5, 5.41) is 6.49. The van der Waals surface area contributed by atoms with Gasteiger partial charge in [-0.3, -0.25) is 9.59 Å². The summed E-state index contributed by atoms with van der Waals surface area (Å²) in [6, 6.07) is 5.62. The Morgan fingerprint density at radius 2 is 1.78 bits per heavy atom. The van der Waals surface area contributed by atoms with Crippen LogP contribution in [0.1, 0.15) is 51.9 Å². The van der Waals surface area contributed by atoms with E-state index in [2.05, 4.69) is 15.6 Å². The number of hydrogen-bond acceptors (Lipinski definition) is 4. The number of carbonyl (C=O) groups is 2. The van der Waals surface area contributed by atoms with Gasteiger partial charge in [0.15, 0.2) is 5.13 Å². The van der Waals surface area contributed by atoms with E-state index >= 15 is 0 Å². The summed E-state index contributed by atoms with van der Waals surface area (Å²) >= 11 is 1.46. The minimum Gasteiger partial charge on any atom is -0.326 e. The lowest BCUT2D eigenvalue weighted by molar-refractivity contribution is -0.124. The average Bonchev–Trinajstić information content (AvgIpc) is 2.93. The molecule has 27 heavy (non-hydrogen) atoms. The largest absolute Gasteiger partial charge is 0.326 e. The number of nitrogens with one attached hydrogen (secondary N) is 2. The molecule has 4 aliphatic carbocycles. The third-order valence-electron chi connectivity index (χ3n) is 6.66. The standard InChI is InChI=1S/C21H25N3O2S/c1-12(25)22-16-2-3-17-18(7-16)27-20(23-17)24-19(26)11-21-8-13-4-14(9-21)6-15(5-13)10-21/h2-3,7,13-15H,4-6,8-11H2,1H3,(H,22,25)(H,23,24,26). The van der Waals surface area contributed by atoms with Crippen molar-refractivity contribution in [3.05, 3.63) is 18.2 Å². The van der Waals surface area contributed by atoms with Crippen LogP contribution in [-0.2, 0) is 9.59 Å². The summed E-state index contributed by atoms with van der Waals surface area (Å²) in [5.41, 5.74) is 1.85. The zero-order valence-electron chi connectivity index (χ0n) is 15.6. The summed E-state index contributed by atoms with van der Waals surface area (Å²) in [5.74, 6) is 2.59. The molecule has 2 N–H and O–H groups in total. The van der Waals surface area contributed by atoms with Gasteiger partial charge < -0.3 is 10.6 Å². The molecule has 4 aliphatic rings. The molecular formula is C21H25N3O2S. The van der Waals surface area contributed by atoms with Crippen molar-refractivity contribution in [2.75, 3.05) is 10.6 Å². The fraction of sp³-hybridized carbons (Fsp3) is 0.571. The normalized spacial score (nSPS) is 31.2. The lowest BCUT2D eigenvalue weighted by Gasteiger charge is -2.56. The second-order valence-electron chi connectivity index (χ2n) is 9.03. The molecule has 0 spiro atoms. The maximum absolute atomic E-state index is 12.8. The number of rotatable bonds is 4. The second kappa shape index (κ2) is 6.30. The minimum absolute atomic E-state index is 0.0945. The molecule has 0 aliphatic heterocycles. The third kappa shape index (κ3) is 3.35. The number of thiazole rings is 1. The Hall–Kier alpha value is -1.95. The molecule has 4 fully saturated rings. The SMILES string of the molecule is CC(=O)Nc1ccc2nc(NC(=O)CC34CC5CC(CC(C5)C3)C4)sc2c1. The highest BCUT2D eigenvalue weighted by molar-refractivity contribution is 7.22. The van der Waals surface area contributed by atoms with Gasteiger partial charge in [0.05, 0.1) is 10.2 Å². The van der Waals surface area contributed by atoms with Crippen LogP contribution in [0.25, 0.3) is 10.2 Å². The Morgan fingerprint density at radius 3 is 2.41 bits per heavy atom. The van der Waals surface area contributed by atoms with Crippen LogP contribution in [0.3, 0.4) is 0 Å². The highest BCUT2D eigenvalue weighted by Crippen LogP contribution is 2.61. The summed E-state index contributed by atoms with van der Waals surface area (Å²) in [4.78, 5) is 28.5. The highest BCUT2D eigenvalue weighted by Gasteiger charge is 2.51. The molecule has 2 amide bonds. The van der Waals surface area contributed by atoms with Gasteiger partial charge in [0.1, 0.15) is 0 Å². The number of benzene rings is 1. The fourth-order valence-electron chi connectivity index (χ4n) is 6.27. The van der Waals surface area contributed by atoms with E-state index in [1.165, 1.54) is 56.8 Å². The van der Waals surface area contributed by atoms with Gasteiger partial charge in [0.25, 0.3) is 0 Å². The number of fused-ring (bicyclic) bond motifs is 1. The van der Waals surface area contributed by atoms with Gasteiger partial charge in [0.2, 0.25) is 11.8 Å². The lowest BCUT2D eigenvalue weighted by Crippen LogP contribution is -2.47. The molecule has 0 radical (unpaired) electrons. The molecule has 1 aromatic carbocycles. The Labute approximate surface area is 162 Å². The van der Waals surface area contributed by atoms with Crippen molar-refractivity contribution >= 4 is 44.2 Å². The van der Waals surface area contributed by atoms with Crippen molar-refractivity contribution < 1.29 is 9.59 Å². The van der Waals surface area contributed by atoms with Crippen LogP contribution in [0.15, 0.2) is 18.2 Å². The minimum atomic E-state index is -0.0945. The van der Waals surface area contributed by atoms with Crippen LogP contribution in [0.2, 0.25) is 0 Å². The maximum Gasteiger partial charge on any atom is 0.226 e. The molecule has 0 saturated heterocycles.